The molecule has 1 aliphatic rings. The lowest BCUT2D eigenvalue weighted by molar-refractivity contribution is -0.129. The summed E-state index contributed by atoms with van der Waals surface area (Å²) in [4.78, 5) is 11.9. The average molecular weight is 211 g/mol. The Labute approximate surface area is 93.8 Å². The van der Waals surface area contributed by atoms with Gasteiger partial charge in [0.2, 0.25) is 5.91 Å². The molecular formula is C13H25NO. The van der Waals surface area contributed by atoms with Crippen LogP contribution in [0.4, 0.5) is 0 Å². The van der Waals surface area contributed by atoms with E-state index >= 15 is 0 Å². The minimum absolute atomic E-state index is 0.258. The fourth-order valence-corrected chi connectivity index (χ4v) is 2.81. The van der Waals surface area contributed by atoms with Crippen molar-refractivity contribution in [1.82, 2.24) is 5.32 Å². The van der Waals surface area contributed by atoms with Crippen LogP contribution in [0.2, 0.25) is 0 Å². The van der Waals surface area contributed by atoms with Crippen LogP contribution in [-0.2, 0) is 4.79 Å². The monoisotopic (exact) mass is 211 g/mol. The molecule has 0 aromatic rings. The van der Waals surface area contributed by atoms with E-state index in [-0.39, 0.29) is 11.8 Å². The highest BCUT2D eigenvalue weighted by molar-refractivity contribution is 5.79. The van der Waals surface area contributed by atoms with E-state index in [1.807, 2.05) is 6.92 Å². The molecule has 1 rings (SSSR count). The van der Waals surface area contributed by atoms with Gasteiger partial charge in [-0.2, -0.15) is 0 Å². The summed E-state index contributed by atoms with van der Waals surface area (Å²) in [7, 11) is 0. The Bertz CT molecular complexity index is 213. The van der Waals surface area contributed by atoms with E-state index in [1.54, 1.807) is 0 Å². The molecule has 88 valence electrons. The van der Waals surface area contributed by atoms with E-state index in [9.17, 15) is 4.79 Å². The first-order valence-electron chi connectivity index (χ1n) is 6.34. The number of carbonyl (C=O) groups excluding carboxylic acids is 1. The summed E-state index contributed by atoms with van der Waals surface area (Å²) in [6.45, 7) is 9.51. The van der Waals surface area contributed by atoms with E-state index in [1.165, 1.54) is 12.8 Å². The number of nitrogens with one attached hydrogen (secondary N) is 1. The highest BCUT2D eigenvalue weighted by Crippen LogP contribution is 2.37. The summed E-state index contributed by atoms with van der Waals surface area (Å²) in [6.07, 6.45) is 3.59. The highest BCUT2D eigenvalue weighted by Gasteiger charge is 2.34. The number of amides is 1. The van der Waals surface area contributed by atoms with Crippen LogP contribution in [0.25, 0.3) is 0 Å². The van der Waals surface area contributed by atoms with Gasteiger partial charge >= 0.3 is 0 Å². The van der Waals surface area contributed by atoms with Crippen molar-refractivity contribution < 1.29 is 4.79 Å². The quantitative estimate of drug-likeness (QED) is 0.764. The van der Waals surface area contributed by atoms with Gasteiger partial charge in [-0.1, -0.05) is 27.2 Å². The molecule has 1 amide bonds. The summed E-state index contributed by atoms with van der Waals surface area (Å²) in [5, 5.41) is 2.98. The zero-order valence-corrected chi connectivity index (χ0v) is 10.5. The third-order valence-electron chi connectivity index (χ3n) is 3.71. The van der Waals surface area contributed by atoms with Crippen LogP contribution in [0.15, 0.2) is 0 Å². The molecule has 0 aromatic carbocycles. The Morgan fingerprint density at radius 1 is 1.40 bits per heavy atom. The first kappa shape index (κ1) is 12.5. The molecule has 0 aromatic heterocycles. The van der Waals surface area contributed by atoms with E-state index in [0.717, 1.165) is 13.0 Å². The lowest BCUT2D eigenvalue weighted by Crippen LogP contribution is -2.40. The average Bonchev–Trinajstić information content (AvgIpc) is 2.17. The summed E-state index contributed by atoms with van der Waals surface area (Å²) in [5.41, 5.74) is 0. The van der Waals surface area contributed by atoms with Gasteiger partial charge in [0.15, 0.2) is 0 Å². The molecule has 1 saturated carbocycles. The topological polar surface area (TPSA) is 29.1 Å². The molecule has 2 nitrogen and oxygen atoms in total. The fraction of sp³-hybridized carbons (Fsp3) is 0.923. The second-order valence-electron chi connectivity index (χ2n) is 5.33. The molecule has 1 N–H and O–H groups in total. The van der Waals surface area contributed by atoms with Crippen LogP contribution >= 0.6 is 0 Å². The Morgan fingerprint density at radius 3 is 2.60 bits per heavy atom. The summed E-state index contributed by atoms with van der Waals surface area (Å²) in [5.74, 6) is 2.47. The normalized spacial score (nSPS) is 31.7. The van der Waals surface area contributed by atoms with E-state index in [0.29, 0.717) is 17.8 Å². The molecule has 0 saturated heterocycles. The van der Waals surface area contributed by atoms with Crippen LogP contribution in [0.3, 0.4) is 0 Å². The van der Waals surface area contributed by atoms with Gasteiger partial charge in [-0.25, -0.2) is 0 Å². The minimum Gasteiger partial charge on any atom is -0.356 e. The van der Waals surface area contributed by atoms with E-state index < -0.39 is 0 Å². The maximum absolute atomic E-state index is 11.9. The van der Waals surface area contributed by atoms with Crippen molar-refractivity contribution in [2.45, 2.75) is 47.0 Å². The van der Waals surface area contributed by atoms with Crippen LogP contribution in [-0.4, -0.2) is 12.5 Å². The maximum Gasteiger partial charge on any atom is 0.223 e. The largest absolute Gasteiger partial charge is 0.356 e. The van der Waals surface area contributed by atoms with Crippen molar-refractivity contribution >= 4 is 5.91 Å². The van der Waals surface area contributed by atoms with Crippen LogP contribution in [0.5, 0.6) is 0 Å². The van der Waals surface area contributed by atoms with Crippen LogP contribution < -0.4 is 5.32 Å². The van der Waals surface area contributed by atoms with Crippen molar-refractivity contribution in [3.8, 4) is 0 Å². The van der Waals surface area contributed by atoms with E-state index in [2.05, 4.69) is 26.1 Å². The van der Waals surface area contributed by atoms with Gasteiger partial charge in [-0.15, -0.1) is 0 Å². The Balaban J connectivity index is 2.65. The first-order valence-corrected chi connectivity index (χ1v) is 6.34. The van der Waals surface area contributed by atoms with Crippen molar-refractivity contribution in [2.75, 3.05) is 6.54 Å². The van der Waals surface area contributed by atoms with Gasteiger partial charge in [0, 0.05) is 12.5 Å². The number of carbonyl (C=O) groups is 1. The second kappa shape index (κ2) is 5.53. The van der Waals surface area contributed by atoms with Crippen LogP contribution in [0.1, 0.15) is 47.0 Å². The van der Waals surface area contributed by atoms with Crippen molar-refractivity contribution in [2.24, 2.45) is 23.7 Å². The highest BCUT2D eigenvalue weighted by atomic mass is 16.1. The summed E-state index contributed by atoms with van der Waals surface area (Å²) < 4.78 is 0. The van der Waals surface area contributed by atoms with Gasteiger partial charge in [0.25, 0.3) is 0 Å². The lowest BCUT2D eigenvalue weighted by atomic mass is 9.70. The van der Waals surface area contributed by atoms with Gasteiger partial charge in [-0.3, -0.25) is 4.79 Å². The third-order valence-corrected chi connectivity index (χ3v) is 3.71. The molecular weight excluding hydrogens is 186 g/mol. The number of rotatable bonds is 3. The molecule has 0 spiro atoms. The number of hydrogen-bond donors (Lipinski definition) is 1. The lowest BCUT2D eigenvalue weighted by Gasteiger charge is -2.36. The summed E-state index contributed by atoms with van der Waals surface area (Å²) >= 11 is 0. The SMILES string of the molecule is CCNC(=O)C1C[C@@H](C)CC[C@@H]1C(C)C. The van der Waals surface area contributed by atoms with Crippen molar-refractivity contribution in [1.29, 1.82) is 0 Å². The third kappa shape index (κ3) is 3.22. The molecule has 0 aliphatic heterocycles. The fourth-order valence-electron chi connectivity index (χ4n) is 2.81. The predicted octanol–water partition coefficient (Wildman–Crippen LogP) is 2.83. The van der Waals surface area contributed by atoms with Gasteiger partial charge in [0.1, 0.15) is 0 Å². The molecule has 1 unspecified atom stereocenters. The Hall–Kier alpha value is -0.530. The van der Waals surface area contributed by atoms with E-state index in [4.69, 9.17) is 0 Å². The number of hydrogen-bond acceptors (Lipinski definition) is 1. The molecule has 1 aliphatic carbocycles. The first-order chi connectivity index (χ1) is 7.06. The zero-order valence-electron chi connectivity index (χ0n) is 10.5. The Morgan fingerprint density at radius 2 is 2.07 bits per heavy atom. The molecule has 1 fully saturated rings. The second-order valence-corrected chi connectivity index (χ2v) is 5.33. The summed E-state index contributed by atoms with van der Waals surface area (Å²) in [6, 6.07) is 0. The van der Waals surface area contributed by atoms with Crippen molar-refractivity contribution in [3.63, 3.8) is 0 Å². The van der Waals surface area contributed by atoms with Crippen molar-refractivity contribution in [3.05, 3.63) is 0 Å². The molecule has 15 heavy (non-hydrogen) atoms. The predicted molar refractivity (Wildman–Crippen MR) is 63.5 cm³/mol. The molecule has 2 heteroatoms. The van der Waals surface area contributed by atoms with Gasteiger partial charge < -0.3 is 5.32 Å². The standard InChI is InChI=1S/C13H25NO/c1-5-14-13(15)12-8-10(4)6-7-11(12)9(2)3/h9-12H,5-8H2,1-4H3,(H,14,15)/t10-,11+,12?/m0/s1. The Kier molecular flexibility index (Phi) is 4.62. The molecule has 0 bridgehead atoms. The minimum atomic E-state index is 0.258. The molecule has 0 heterocycles. The smallest absolute Gasteiger partial charge is 0.223 e. The van der Waals surface area contributed by atoms with Gasteiger partial charge in [-0.05, 0) is 37.5 Å². The van der Waals surface area contributed by atoms with Crippen LogP contribution in [0, 0.1) is 23.7 Å². The zero-order chi connectivity index (χ0) is 11.4. The molecule has 3 atom stereocenters. The van der Waals surface area contributed by atoms with Gasteiger partial charge in [0.05, 0.1) is 0 Å². The maximum atomic E-state index is 11.9. The molecule has 0 radical (unpaired) electrons.